The molecule has 0 atom stereocenters. The third kappa shape index (κ3) is 5.70. The molecule has 1 aliphatic rings. The second kappa shape index (κ2) is 11.0. The molecule has 0 radical (unpaired) electrons. The lowest BCUT2D eigenvalue weighted by molar-refractivity contribution is -0.134. The molecule has 2 heterocycles. The van der Waals surface area contributed by atoms with Crippen LogP contribution in [0.5, 0.6) is 0 Å². The average molecular weight is 510 g/mol. The highest BCUT2D eigenvalue weighted by Crippen LogP contribution is 2.30. The fourth-order valence-electron chi connectivity index (χ4n) is 3.69. The monoisotopic (exact) mass is 509 g/mol. The van der Waals surface area contributed by atoms with Gasteiger partial charge >= 0.3 is 5.97 Å². The number of carbonyl (C=O) groups is 1. The van der Waals surface area contributed by atoms with Crippen LogP contribution < -0.4 is 16.2 Å². The average Bonchev–Trinajstić information content (AvgIpc) is 3.25. The number of rotatable bonds is 7. The van der Waals surface area contributed by atoms with Crippen molar-refractivity contribution in [2.75, 3.05) is 13.1 Å². The van der Waals surface area contributed by atoms with Crippen molar-refractivity contribution in [3.8, 4) is 0 Å². The van der Waals surface area contributed by atoms with Crippen LogP contribution in [0.1, 0.15) is 25.3 Å². The maximum atomic E-state index is 11.2. The van der Waals surface area contributed by atoms with Gasteiger partial charge in [-0.3, -0.25) is 0 Å². The first-order chi connectivity index (χ1) is 15.8. The maximum absolute atomic E-state index is 11.2. The SMILES string of the molecule is C=C(C(=O)O)N1CCC(/C=N/c2c(C(=CC)/C=c3/ccccc3=C)cnn2/C(N)=C/Br)CC1. The largest absolute Gasteiger partial charge is 0.477 e. The molecule has 1 fully saturated rings. The Kier molecular flexibility index (Phi) is 8.06. The number of aliphatic carboxylic acids is 1. The molecule has 0 spiro atoms. The van der Waals surface area contributed by atoms with Crippen molar-refractivity contribution < 1.29 is 9.90 Å². The van der Waals surface area contributed by atoms with E-state index < -0.39 is 5.97 Å². The van der Waals surface area contributed by atoms with E-state index in [1.165, 1.54) is 0 Å². The minimum Gasteiger partial charge on any atom is -0.477 e. The third-order valence-electron chi connectivity index (χ3n) is 5.66. The minimum atomic E-state index is -0.980. The van der Waals surface area contributed by atoms with Crippen molar-refractivity contribution in [3.05, 3.63) is 69.8 Å². The lowest BCUT2D eigenvalue weighted by Crippen LogP contribution is -2.35. The molecule has 1 aromatic carbocycles. The van der Waals surface area contributed by atoms with Gasteiger partial charge in [0.2, 0.25) is 0 Å². The van der Waals surface area contributed by atoms with Crippen LogP contribution in [0.25, 0.3) is 24.0 Å². The van der Waals surface area contributed by atoms with Gasteiger partial charge in [-0.1, -0.05) is 59.4 Å². The van der Waals surface area contributed by atoms with E-state index in [4.69, 9.17) is 15.8 Å². The van der Waals surface area contributed by atoms with Crippen LogP contribution in [-0.4, -0.2) is 45.1 Å². The fourth-order valence-corrected chi connectivity index (χ4v) is 3.89. The van der Waals surface area contributed by atoms with E-state index in [1.54, 1.807) is 20.8 Å². The summed E-state index contributed by atoms with van der Waals surface area (Å²) in [5.41, 5.74) is 8.09. The Hall–Kier alpha value is -3.39. The van der Waals surface area contributed by atoms with Gasteiger partial charge in [-0.2, -0.15) is 9.78 Å². The van der Waals surface area contributed by atoms with Gasteiger partial charge in [0.05, 0.1) is 6.20 Å². The van der Waals surface area contributed by atoms with E-state index >= 15 is 0 Å². The van der Waals surface area contributed by atoms with Crippen LogP contribution in [0.3, 0.4) is 0 Å². The Labute approximate surface area is 201 Å². The molecule has 1 aromatic heterocycles. The fraction of sp³-hybridized carbons (Fsp3) is 0.240. The standard InChI is InChI=1S/C25H28BrN5O2/c1-4-20(13-21-8-6-5-7-17(21)2)22-16-29-31(23(27)14-26)24(22)28-15-19-9-11-30(12-10-19)18(3)25(32)33/h4-8,13-16,19H,2-3,9-12,27H2,1H3,(H,32,33)/b20-4?,21-13-,23-14+,28-15+. The number of carboxylic acid groups (broad SMARTS) is 1. The third-order valence-corrected chi connectivity index (χ3v) is 6.13. The van der Waals surface area contributed by atoms with Crippen LogP contribution in [0, 0.1) is 5.92 Å². The van der Waals surface area contributed by atoms with Crippen molar-refractivity contribution in [2.24, 2.45) is 16.6 Å². The summed E-state index contributed by atoms with van der Waals surface area (Å²) in [6.07, 6.45) is 9.33. The molecule has 172 valence electrons. The van der Waals surface area contributed by atoms with E-state index in [-0.39, 0.29) is 11.6 Å². The number of nitrogens with zero attached hydrogens (tertiary/aromatic N) is 4. The van der Waals surface area contributed by atoms with E-state index in [2.05, 4.69) is 40.3 Å². The van der Waals surface area contributed by atoms with Crippen LogP contribution >= 0.6 is 15.9 Å². The Morgan fingerprint density at radius 3 is 2.64 bits per heavy atom. The Bertz CT molecular complexity index is 1230. The first kappa shape index (κ1) is 24.3. The van der Waals surface area contributed by atoms with Gasteiger partial charge < -0.3 is 15.7 Å². The molecule has 33 heavy (non-hydrogen) atoms. The molecule has 0 unspecified atom stereocenters. The summed E-state index contributed by atoms with van der Waals surface area (Å²) < 4.78 is 1.59. The molecule has 0 amide bonds. The van der Waals surface area contributed by atoms with Gasteiger partial charge in [-0.25, -0.2) is 9.79 Å². The maximum Gasteiger partial charge on any atom is 0.351 e. The predicted octanol–water partition coefficient (Wildman–Crippen LogP) is 3.30. The van der Waals surface area contributed by atoms with Crippen LogP contribution in [0.4, 0.5) is 5.82 Å². The second-order valence-electron chi connectivity index (χ2n) is 7.77. The Morgan fingerprint density at radius 2 is 2.03 bits per heavy atom. The van der Waals surface area contributed by atoms with Gasteiger partial charge in [0, 0.05) is 29.9 Å². The number of benzene rings is 1. The summed E-state index contributed by atoms with van der Waals surface area (Å²) in [4.78, 5) is 19.4. The molecule has 1 aliphatic heterocycles. The van der Waals surface area contributed by atoms with E-state index in [9.17, 15) is 4.79 Å². The molecule has 2 aromatic rings. The summed E-state index contributed by atoms with van der Waals surface area (Å²) in [7, 11) is 0. The number of aliphatic imine (C=N–C) groups is 1. The molecule has 1 saturated heterocycles. The van der Waals surface area contributed by atoms with Crippen molar-refractivity contribution >= 4 is 58.0 Å². The number of piperidine rings is 1. The van der Waals surface area contributed by atoms with Gasteiger partial charge in [0.15, 0.2) is 5.82 Å². The lowest BCUT2D eigenvalue weighted by atomic mass is 9.98. The number of allylic oxidation sites excluding steroid dienone is 2. The number of hydrogen-bond acceptors (Lipinski definition) is 5. The summed E-state index contributed by atoms with van der Waals surface area (Å²) in [6.45, 7) is 11.0. The molecule has 3 N–H and O–H groups in total. The second-order valence-corrected chi connectivity index (χ2v) is 8.23. The first-order valence-corrected chi connectivity index (χ1v) is 11.5. The van der Waals surface area contributed by atoms with E-state index in [1.807, 2.05) is 43.5 Å². The summed E-state index contributed by atoms with van der Waals surface area (Å²) in [6, 6.07) is 7.93. The van der Waals surface area contributed by atoms with E-state index in [0.29, 0.717) is 24.7 Å². The van der Waals surface area contributed by atoms with Crippen molar-refractivity contribution in [1.82, 2.24) is 14.7 Å². The molecular weight excluding hydrogens is 482 g/mol. The lowest BCUT2D eigenvalue weighted by Gasteiger charge is -2.31. The zero-order chi connectivity index (χ0) is 24.0. The Balaban J connectivity index is 1.92. The minimum absolute atomic E-state index is 0.139. The Morgan fingerprint density at radius 1 is 1.33 bits per heavy atom. The number of nitrogens with two attached hydrogens (primary N) is 1. The van der Waals surface area contributed by atoms with Crippen molar-refractivity contribution in [2.45, 2.75) is 19.8 Å². The predicted molar refractivity (Wildman–Crippen MR) is 138 cm³/mol. The molecule has 0 bridgehead atoms. The molecule has 3 rings (SSSR count). The molecule has 7 nitrogen and oxygen atoms in total. The van der Waals surface area contributed by atoms with Gasteiger partial charge in [-0.15, -0.1) is 0 Å². The van der Waals surface area contributed by atoms with Crippen molar-refractivity contribution in [1.29, 1.82) is 0 Å². The molecule has 8 heteroatoms. The highest BCUT2D eigenvalue weighted by molar-refractivity contribution is 9.11. The van der Waals surface area contributed by atoms with Crippen LogP contribution in [-0.2, 0) is 4.79 Å². The first-order valence-electron chi connectivity index (χ1n) is 10.6. The van der Waals surface area contributed by atoms with Crippen LogP contribution in [0.2, 0.25) is 0 Å². The van der Waals surface area contributed by atoms with Crippen molar-refractivity contribution in [3.63, 3.8) is 0 Å². The van der Waals surface area contributed by atoms with Gasteiger partial charge in [-0.05, 0) is 47.8 Å². The highest BCUT2D eigenvalue weighted by Gasteiger charge is 2.22. The number of carboxylic acids is 1. The number of hydrogen-bond donors (Lipinski definition) is 2. The summed E-state index contributed by atoms with van der Waals surface area (Å²) in [5.74, 6) is 0.277. The number of likely N-dealkylation sites (tertiary alicyclic amines) is 1. The zero-order valence-corrected chi connectivity index (χ0v) is 20.2. The highest BCUT2D eigenvalue weighted by atomic mass is 79.9. The topological polar surface area (TPSA) is 96.7 Å². The van der Waals surface area contributed by atoms with E-state index in [0.717, 1.165) is 34.4 Å². The molecule has 0 aliphatic carbocycles. The zero-order valence-electron chi connectivity index (χ0n) is 18.6. The number of aromatic nitrogens is 2. The smallest absolute Gasteiger partial charge is 0.351 e. The van der Waals surface area contributed by atoms with Gasteiger partial charge in [0.25, 0.3) is 0 Å². The molecular formula is C25H28BrN5O2. The number of halogens is 1. The summed E-state index contributed by atoms with van der Waals surface area (Å²) in [5, 5.41) is 15.6. The van der Waals surface area contributed by atoms with Crippen LogP contribution in [0.15, 0.2) is 58.8 Å². The van der Waals surface area contributed by atoms with Gasteiger partial charge in [0.1, 0.15) is 11.5 Å². The summed E-state index contributed by atoms with van der Waals surface area (Å²) >= 11 is 3.28. The quantitative estimate of drug-likeness (QED) is 0.440. The molecule has 0 saturated carbocycles. The normalized spacial score (nSPS) is 16.5.